The van der Waals surface area contributed by atoms with Crippen molar-refractivity contribution in [2.45, 2.75) is 20.0 Å². The smallest absolute Gasteiger partial charge is 0.118 e. The molecule has 4 nitrogen and oxygen atoms in total. The zero-order chi connectivity index (χ0) is 12.1. The predicted molar refractivity (Wildman–Crippen MR) is 68.9 cm³/mol. The third-order valence-corrected chi connectivity index (χ3v) is 3.24. The lowest BCUT2D eigenvalue weighted by Gasteiger charge is -2.31. The van der Waals surface area contributed by atoms with Crippen LogP contribution in [0.3, 0.4) is 0 Å². The van der Waals surface area contributed by atoms with Gasteiger partial charge in [-0.05, 0) is 25.7 Å². The molecule has 0 aromatic carbocycles. The molecule has 1 fully saturated rings. The van der Waals surface area contributed by atoms with Crippen LogP contribution in [0.5, 0.6) is 0 Å². The Labute approximate surface area is 104 Å². The minimum atomic E-state index is 0.833. The largest absolute Gasteiger partial charge is 0.463 e. The highest BCUT2D eigenvalue weighted by Crippen LogP contribution is 2.12. The average Bonchev–Trinajstić information content (AvgIpc) is 2.77. The SMILES string of the molecule is CCNCc1ccc(CN2CCN(C)CC2)o1. The van der Waals surface area contributed by atoms with E-state index in [1.54, 1.807) is 0 Å². The Kier molecular flexibility index (Phi) is 4.59. The van der Waals surface area contributed by atoms with Crippen molar-refractivity contribution < 1.29 is 4.42 Å². The highest BCUT2D eigenvalue weighted by atomic mass is 16.3. The van der Waals surface area contributed by atoms with Crippen molar-refractivity contribution in [2.24, 2.45) is 0 Å². The molecule has 0 amide bonds. The molecule has 0 radical (unpaired) electrons. The summed E-state index contributed by atoms with van der Waals surface area (Å²) in [5, 5.41) is 3.27. The zero-order valence-corrected chi connectivity index (χ0v) is 10.9. The van der Waals surface area contributed by atoms with Crippen molar-refractivity contribution in [3.8, 4) is 0 Å². The van der Waals surface area contributed by atoms with Gasteiger partial charge < -0.3 is 14.6 Å². The first-order chi connectivity index (χ1) is 8.28. The summed E-state index contributed by atoms with van der Waals surface area (Å²) in [6.45, 7) is 9.46. The van der Waals surface area contributed by atoms with Crippen molar-refractivity contribution in [3.63, 3.8) is 0 Å². The number of nitrogens with one attached hydrogen (secondary N) is 1. The first kappa shape index (κ1) is 12.6. The maximum absolute atomic E-state index is 5.80. The van der Waals surface area contributed by atoms with Crippen LogP contribution in [0.25, 0.3) is 0 Å². The number of likely N-dealkylation sites (N-methyl/N-ethyl adjacent to an activating group) is 1. The lowest BCUT2D eigenvalue weighted by Crippen LogP contribution is -2.43. The van der Waals surface area contributed by atoms with Crippen LogP contribution in [-0.4, -0.2) is 49.6 Å². The molecule has 1 aromatic rings. The van der Waals surface area contributed by atoms with Gasteiger partial charge in [-0.1, -0.05) is 6.92 Å². The molecule has 2 heterocycles. The lowest BCUT2D eigenvalue weighted by atomic mass is 10.3. The molecule has 2 rings (SSSR count). The number of furan rings is 1. The molecule has 0 unspecified atom stereocenters. The second-order valence-electron chi connectivity index (χ2n) is 4.73. The second-order valence-corrected chi connectivity index (χ2v) is 4.73. The average molecular weight is 237 g/mol. The number of nitrogens with zero attached hydrogens (tertiary/aromatic N) is 2. The molecular formula is C13H23N3O. The van der Waals surface area contributed by atoms with E-state index in [9.17, 15) is 0 Å². The highest BCUT2D eigenvalue weighted by molar-refractivity contribution is 5.07. The summed E-state index contributed by atoms with van der Waals surface area (Å²) in [6, 6.07) is 4.18. The van der Waals surface area contributed by atoms with Crippen molar-refractivity contribution in [1.82, 2.24) is 15.1 Å². The number of piperazine rings is 1. The fourth-order valence-electron chi connectivity index (χ4n) is 2.08. The van der Waals surface area contributed by atoms with Crippen LogP contribution in [0.2, 0.25) is 0 Å². The molecule has 0 saturated carbocycles. The quantitative estimate of drug-likeness (QED) is 0.832. The third-order valence-electron chi connectivity index (χ3n) is 3.24. The fraction of sp³-hybridized carbons (Fsp3) is 0.692. The Morgan fingerprint density at radius 3 is 2.59 bits per heavy atom. The van der Waals surface area contributed by atoms with Crippen LogP contribution in [-0.2, 0) is 13.1 Å². The minimum Gasteiger partial charge on any atom is -0.463 e. The molecule has 1 aliphatic heterocycles. The van der Waals surface area contributed by atoms with Crippen LogP contribution in [0.4, 0.5) is 0 Å². The molecule has 1 aliphatic rings. The Morgan fingerprint density at radius 1 is 1.18 bits per heavy atom. The van der Waals surface area contributed by atoms with Crippen molar-refractivity contribution in [2.75, 3.05) is 39.8 Å². The summed E-state index contributed by atoms with van der Waals surface area (Å²) in [4.78, 5) is 4.82. The van der Waals surface area contributed by atoms with Gasteiger partial charge in [0.05, 0.1) is 13.1 Å². The zero-order valence-electron chi connectivity index (χ0n) is 10.9. The van der Waals surface area contributed by atoms with Crippen molar-refractivity contribution >= 4 is 0 Å². The van der Waals surface area contributed by atoms with E-state index < -0.39 is 0 Å². The molecule has 17 heavy (non-hydrogen) atoms. The van der Waals surface area contributed by atoms with Gasteiger partial charge in [-0.2, -0.15) is 0 Å². The van der Waals surface area contributed by atoms with Gasteiger partial charge in [0.2, 0.25) is 0 Å². The lowest BCUT2D eigenvalue weighted by molar-refractivity contribution is 0.139. The summed E-state index contributed by atoms with van der Waals surface area (Å²) in [6.07, 6.45) is 0. The van der Waals surface area contributed by atoms with Crippen LogP contribution in [0, 0.1) is 0 Å². The van der Waals surface area contributed by atoms with Gasteiger partial charge in [0, 0.05) is 26.2 Å². The molecule has 1 aromatic heterocycles. The van der Waals surface area contributed by atoms with E-state index >= 15 is 0 Å². The van der Waals surface area contributed by atoms with Crippen molar-refractivity contribution in [3.05, 3.63) is 23.7 Å². The molecule has 1 saturated heterocycles. The van der Waals surface area contributed by atoms with Gasteiger partial charge in [0.1, 0.15) is 11.5 Å². The predicted octanol–water partition coefficient (Wildman–Crippen LogP) is 1.14. The molecule has 4 heteroatoms. The second kappa shape index (κ2) is 6.19. The van der Waals surface area contributed by atoms with E-state index in [0.717, 1.165) is 57.3 Å². The third kappa shape index (κ3) is 3.84. The summed E-state index contributed by atoms with van der Waals surface area (Å²) in [5.74, 6) is 2.12. The fourth-order valence-corrected chi connectivity index (χ4v) is 2.08. The van der Waals surface area contributed by atoms with Gasteiger partial charge in [-0.25, -0.2) is 0 Å². The van der Waals surface area contributed by atoms with Crippen LogP contribution in [0.15, 0.2) is 16.5 Å². The van der Waals surface area contributed by atoms with E-state index in [2.05, 4.69) is 41.2 Å². The Morgan fingerprint density at radius 2 is 1.88 bits per heavy atom. The molecule has 0 bridgehead atoms. The standard InChI is InChI=1S/C13H23N3O/c1-3-14-10-12-4-5-13(17-12)11-16-8-6-15(2)7-9-16/h4-5,14H,3,6-11H2,1-2H3. The summed E-state index contributed by atoms with van der Waals surface area (Å²) in [5.41, 5.74) is 0. The topological polar surface area (TPSA) is 31.6 Å². The van der Waals surface area contributed by atoms with Gasteiger partial charge in [-0.15, -0.1) is 0 Å². The van der Waals surface area contributed by atoms with Crippen molar-refractivity contribution in [1.29, 1.82) is 0 Å². The van der Waals surface area contributed by atoms with E-state index in [-0.39, 0.29) is 0 Å². The minimum absolute atomic E-state index is 0.833. The van der Waals surface area contributed by atoms with Gasteiger partial charge in [0.25, 0.3) is 0 Å². The van der Waals surface area contributed by atoms with Crippen LogP contribution in [0.1, 0.15) is 18.4 Å². The Balaban J connectivity index is 1.80. The van der Waals surface area contributed by atoms with Crippen LogP contribution < -0.4 is 5.32 Å². The molecule has 1 N–H and O–H groups in total. The molecule has 0 atom stereocenters. The normalized spacial score (nSPS) is 18.7. The Hall–Kier alpha value is -0.840. The number of rotatable bonds is 5. The summed E-state index contributed by atoms with van der Waals surface area (Å²) < 4.78 is 5.80. The van der Waals surface area contributed by atoms with E-state index in [1.807, 2.05) is 0 Å². The van der Waals surface area contributed by atoms with E-state index in [0.29, 0.717) is 0 Å². The summed E-state index contributed by atoms with van der Waals surface area (Å²) >= 11 is 0. The monoisotopic (exact) mass is 237 g/mol. The van der Waals surface area contributed by atoms with Gasteiger partial charge >= 0.3 is 0 Å². The van der Waals surface area contributed by atoms with Gasteiger partial charge in [-0.3, -0.25) is 4.90 Å². The maximum Gasteiger partial charge on any atom is 0.118 e. The molecule has 0 aliphatic carbocycles. The maximum atomic E-state index is 5.80. The Bertz CT molecular complexity index is 329. The highest BCUT2D eigenvalue weighted by Gasteiger charge is 2.15. The molecule has 0 spiro atoms. The van der Waals surface area contributed by atoms with Gasteiger partial charge in [0.15, 0.2) is 0 Å². The molecular weight excluding hydrogens is 214 g/mol. The number of hydrogen-bond acceptors (Lipinski definition) is 4. The van der Waals surface area contributed by atoms with Crippen LogP contribution >= 0.6 is 0 Å². The summed E-state index contributed by atoms with van der Waals surface area (Å²) in [7, 11) is 2.18. The van der Waals surface area contributed by atoms with E-state index in [1.165, 1.54) is 0 Å². The first-order valence-electron chi connectivity index (χ1n) is 6.47. The van der Waals surface area contributed by atoms with E-state index in [4.69, 9.17) is 4.42 Å². The first-order valence-corrected chi connectivity index (χ1v) is 6.47. The molecule has 96 valence electrons. The number of hydrogen-bond donors (Lipinski definition) is 1.